The van der Waals surface area contributed by atoms with Crippen LogP contribution in [-0.4, -0.2) is 36.9 Å². The molecular formula is C10H24N4S2. The highest BCUT2D eigenvalue weighted by molar-refractivity contribution is 8.93. The van der Waals surface area contributed by atoms with Crippen molar-refractivity contribution in [3.05, 3.63) is 0 Å². The molecule has 0 aliphatic carbocycles. The fraction of sp³-hybridized carbons (Fsp3) is 1.00. The van der Waals surface area contributed by atoms with Gasteiger partial charge in [-0.1, -0.05) is 21.6 Å². The highest BCUT2D eigenvalue weighted by Gasteiger charge is 2.44. The van der Waals surface area contributed by atoms with Crippen LogP contribution in [0.5, 0.6) is 0 Å². The quantitative estimate of drug-likeness (QED) is 0.250. The van der Waals surface area contributed by atoms with E-state index < -0.39 is 0 Å². The van der Waals surface area contributed by atoms with Crippen LogP contribution in [0.1, 0.15) is 25.7 Å². The molecule has 0 aromatic heterocycles. The van der Waals surface area contributed by atoms with Crippen molar-refractivity contribution in [1.82, 2.24) is 10.6 Å². The SMILES string of the molecule is NCCCNCCCC1(NCCCN)SS1. The topological polar surface area (TPSA) is 76.1 Å². The summed E-state index contributed by atoms with van der Waals surface area (Å²) in [6.07, 6.45) is 4.59. The first kappa shape index (κ1) is 14.6. The predicted molar refractivity (Wildman–Crippen MR) is 75.4 cm³/mol. The van der Waals surface area contributed by atoms with E-state index in [0.29, 0.717) is 4.20 Å². The maximum atomic E-state index is 5.47. The average molecular weight is 264 g/mol. The van der Waals surface area contributed by atoms with Crippen LogP contribution >= 0.6 is 21.6 Å². The molecule has 96 valence electrons. The third kappa shape index (κ3) is 6.32. The molecule has 0 bridgehead atoms. The van der Waals surface area contributed by atoms with Crippen molar-refractivity contribution in [1.29, 1.82) is 0 Å². The Balaban J connectivity index is 1.91. The molecule has 1 aliphatic heterocycles. The number of rotatable bonds is 11. The van der Waals surface area contributed by atoms with E-state index in [2.05, 4.69) is 10.6 Å². The Bertz CT molecular complexity index is 176. The minimum absolute atomic E-state index is 0.310. The molecule has 0 saturated carbocycles. The molecule has 4 nitrogen and oxygen atoms in total. The molecule has 0 unspecified atom stereocenters. The third-order valence-electron chi connectivity index (χ3n) is 2.48. The Morgan fingerprint density at radius 3 is 2.12 bits per heavy atom. The second kappa shape index (κ2) is 8.60. The Kier molecular flexibility index (Phi) is 7.85. The number of hydrogen-bond acceptors (Lipinski definition) is 6. The summed E-state index contributed by atoms with van der Waals surface area (Å²) < 4.78 is 0.310. The molecule has 16 heavy (non-hydrogen) atoms. The first-order valence-electron chi connectivity index (χ1n) is 6.06. The van der Waals surface area contributed by atoms with Crippen molar-refractivity contribution in [2.24, 2.45) is 11.5 Å². The maximum Gasteiger partial charge on any atom is 0.132 e. The van der Waals surface area contributed by atoms with Crippen LogP contribution in [0.4, 0.5) is 0 Å². The van der Waals surface area contributed by atoms with Gasteiger partial charge >= 0.3 is 0 Å². The van der Waals surface area contributed by atoms with Crippen molar-refractivity contribution in [3.8, 4) is 0 Å². The molecule has 1 saturated heterocycles. The van der Waals surface area contributed by atoms with Gasteiger partial charge in [0.2, 0.25) is 0 Å². The van der Waals surface area contributed by atoms with Gasteiger partial charge in [-0.2, -0.15) is 0 Å². The summed E-state index contributed by atoms with van der Waals surface area (Å²) in [7, 11) is 3.90. The van der Waals surface area contributed by atoms with Gasteiger partial charge < -0.3 is 16.8 Å². The number of hydrogen-bond donors (Lipinski definition) is 4. The van der Waals surface area contributed by atoms with E-state index in [1.165, 1.54) is 12.8 Å². The summed E-state index contributed by atoms with van der Waals surface area (Å²) in [5.41, 5.74) is 10.9. The third-order valence-corrected chi connectivity index (χ3v) is 5.45. The van der Waals surface area contributed by atoms with E-state index in [1.54, 1.807) is 0 Å². The molecule has 1 heterocycles. The van der Waals surface area contributed by atoms with Crippen molar-refractivity contribution in [3.63, 3.8) is 0 Å². The molecule has 0 radical (unpaired) electrons. The molecule has 0 aromatic carbocycles. The average Bonchev–Trinajstić information content (AvgIpc) is 3.04. The van der Waals surface area contributed by atoms with Gasteiger partial charge in [0, 0.05) is 0 Å². The summed E-state index contributed by atoms with van der Waals surface area (Å²) in [4.78, 5) is 0. The first-order valence-corrected chi connectivity index (χ1v) is 8.21. The lowest BCUT2D eigenvalue weighted by Crippen LogP contribution is -2.31. The molecular weight excluding hydrogens is 240 g/mol. The molecule has 6 N–H and O–H groups in total. The lowest BCUT2D eigenvalue weighted by Gasteiger charge is -2.13. The van der Waals surface area contributed by atoms with E-state index in [4.69, 9.17) is 11.5 Å². The summed E-state index contributed by atoms with van der Waals surface area (Å²) in [6, 6.07) is 0. The summed E-state index contributed by atoms with van der Waals surface area (Å²) in [6.45, 7) is 4.74. The Morgan fingerprint density at radius 1 is 0.875 bits per heavy atom. The lowest BCUT2D eigenvalue weighted by atomic mass is 10.3. The monoisotopic (exact) mass is 264 g/mol. The van der Waals surface area contributed by atoms with Crippen molar-refractivity contribution < 1.29 is 0 Å². The van der Waals surface area contributed by atoms with Gasteiger partial charge in [-0.25, -0.2) is 0 Å². The molecule has 6 heteroatoms. The minimum Gasteiger partial charge on any atom is -0.330 e. The van der Waals surface area contributed by atoms with Crippen molar-refractivity contribution in [2.45, 2.75) is 29.9 Å². The Hall–Kier alpha value is 0.540. The molecule has 1 fully saturated rings. The molecule has 1 aliphatic rings. The zero-order valence-corrected chi connectivity index (χ0v) is 11.5. The van der Waals surface area contributed by atoms with Gasteiger partial charge in [0.05, 0.1) is 0 Å². The number of nitrogens with two attached hydrogens (primary N) is 2. The first-order chi connectivity index (χ1) is 7.83. The van der Waals surface area contributed by atoms with Gasteiger partial charge in [-0.15, -0.1) is 0 Å². The second-order valence-electron chi connectivity index (χ2n) is 3.98. The van der Waals surface area contributed by atoms with E-state index in [1.807, 2.05) is 21.6 Å². The van der Waals surface area contributed by atoms with Gasteiger partial charge in [-0.05, 0) is 58.4 Å². The molecule has 1 rings (SSSR count). The smallest absolute Gasteiger partial charge is 0.132 e. The maximum absolute atomic E-state index is 5.47. The molecule has 0 amide bonds. The Labute approximate surface area is 106 Å². The van der Waals surface area contributed by atoms with Crippen LogP contribution in [0.3, 0.4) is 0 Å². The Morgan fingerprint density at radius 2 is 1.50 bits per heavy atom. The van der Waals surface area contributed by atoms with E-state index in [0.717, 1.165) is 45.6 Å². The van der Waals surface area contributed by atoms with Crippen LogP contribution in [0.2, 0.25) is 0 Å². The van der Waals surface area contributed by atoms with Gasteiger partial charge in [0.25, 0.3) is 0 Å². The highest BCUT2D eigenvalue weighted by atomic mass is 33.2. The molecule has 0 aromatic rings. The van der Waals surface area contributed by atoms with Gasteiger partial charge in [0.15, 0.2) is 0 Å². The standard InChI is InChI=1S/C10H24N4S2/c11-5-2-8-13-7-1-4-10(15-16-10)14-9-3-6-12/h13-14H,1-9,11-12H2. The van der Waals surface area contributed by atoms with E-state index in [-0.39, 0.29) is 0 Å². The van der Waals surface area contributed by atoms with Crippen molar-refractivity contribution >= 4 is 21.6 Å². The van der Waals surface area contributed by atoms with E-state index in [9.17, 15) is 0 Å². The predicted octanol–water partition coefficient (Wildman–Crippen LogP) is 0.692. The van der Waals surface area contributed by atoms with Crippen LogP contribution in [0, 0.1) is 0 Å². The fourth-order valence-corrected chi connectivity index (χ4v) is 3.49. The summed E-state index contributed by atoms with van der Waals surface area (Å²) in [5.74, 6) is 0. The zero-order chi connectivity index (χ0) is 11.7. The second-order valence-corrected chi connectivity index (χ2v) is 6.97. The van der Waals surface area contributed by atoms with Crippen LogP contribution in [0.15, 0.2) is 0 Å². The van der Waals surface area contributed by atoms with Gasteiger partial charge in [0.1, 0.15) is 4.20 Å². The normalized spacial score (nSPS) is 17.6. The van der Waals surface area contributed by atoms with Crippen molar-refractivity contribution in [2.75, 3.05) is 32.7 Å². The molecule has 0 atom stereocenters. The number of nitrogens with one attached hydrogen (secondary N) is 2. The van der Waals surface area contributed by atoms with Crippen LogP contribution in [0.25, 0.3) is 0 Å². The largest absolute Gasteiger partial charge is 0.330 e. The fourth-order valence-electron chi connectivity index (χ4n) is 1.46. The molecule has 0 spiro atoms. The van der Waals surface area contributed by atoms with Gasteiger partial charge in [-0.3, -0.25) is 5.32 Å². The summed E-state index contributed by atoms with van der Waals surface area (Å²) >= 11 is 0. The van der Waals surface area contributed by atoms with Crippen LogP contribution in [-0.2, 0) is 0 Å². The zero-order valence-electron chi connectivity index (χ0n) is 9.84. The summed E-state index contributed by atoms with van der Waals surface area (Å²) in [5, 5.41) is 6.98. The highest BCUT2D eigenvalue weighted by Crippen LogP contribution is 2.64. The minimum atomic E-state index is 0.310. The van der Waals surface area contributed by atoms with Crippen LogP contribution < -0.4 is 22.1 Å². The lowest BCUT2D eigenvalue weighted by molar-refractivity contribution is 0.533. The van der Waals surface area contributed by atoms with E-state index >= 15 is 0 Å².